The van der Waals surface area contributed by atoms with Crippen molar-refractivity contribution in [1.82, 2.24) is 10.3 Å². The summed E-state index contributed by atoms with van der Waals surface area (Å²) in [7, 11) is 3.34. The third kappa shape index (κ3) is 5.82. The Morgan fingerprint density at radius 3 is 2.41 bits per heavy atom. The highest BCUT2D eigenvalue weighted by atomic mass is 16.5. The predicted molar refractivity (Wildman–Crippen MR) is 83.0 cm³/mol. The minimum absolute atomic E-state index is 0.0101. The van der Waals surface area contributed by atoms with Gasteiger partial charge in [-0.05, 0) is 43.7 Å². The van der Waals surface area contributed by atoms with E-state index in [4.69, 9.17) is 9.47 Å². The van der Waals surface area contributed by atoms with Crippen LogP contribution in [0.15, 0.2) is 29.4 Å². The van der Waals surface area contributed by atoms with Crippen LogP contribution in [0.1, 0.15) is 19.4 Å². The van der Waals surface area contributed by atoms with Crippen molar-refractivity contribution >= 4 is 17.7 Å². The summed E-state index contributed by atoms with van der Waals surface area (Å²) in [5.74, 6) is 0.477. The first-order valence-electron chi connectivity index (χ1n) is 6.84. The Kier molecular flexibility index (Phi) is 6.88. The molecule has 0 radical (unpaired) electrons. The van der Waals surface area contributed by atoms with Crippen LogP contribution < -0.4 is 10.2 Å². The Morgan fingerprint density at radius 1 is 1.23 bits per heavy atom. The number of ether oxygens (including phenoxy) is 2. The van der Waals surface area contributed by atoms with Crippen molar-refractivity contribution in [3.63, 3.8) is 0 Å². The molecule has 0 aliphatic carbocycles. The molecule has 0 aliphatic heterocycles. The number of hydrazone groups is 1. The van der Waals surface area contributed by atoms with E-state index in [0.717, 1.165) is 5.56 Å². The van der Waals surface area contributed by atoms with E-state index in [0.29, 0.717) is 11.5 Å². The van der Waals surface area contributed by atoms with E-state index in [2.05, 4.69) is 10.5 Å². The van der Waals surface area contributed by atoms with Crippen molar-refractivity contribution in [2.75, 3.05) is 27.3 Å². The van der Waals surface area contributed by atoms with Gasteiger partial charge in [0, 0.05) is 14.1 Å². The molecule has 2 amide bonds. The second-order valence-corrected chi connectivity index (χ2v) is 4.63. The second-order valence-electron chi connectivity index (χ2n) is 4.63. The Bertz CT molecular complexity index is 538. The molecule has 7 heteroatoms. The molecule has 0 aromatic heterocycles. The van der Waals surface area contributed by atoms with Crippen molar-refractivity contribution in [2.24, 2.45) is 5.10 Å². The molecule has 0 bridgehead atoms. The summed E-state index contributed by atoms with van der Waals surface area (Å²) in [6, 6.07) is 7.06. The van der Waals surface area contributed by atoms with Crippen molar-refractivity contribution in [3.05, 3.63) is 29.8 Å². The molecule has 0 aliphatic rings. The molecule has 0 saturated heterocycles. The summed E-state index contributed by atoms with van der Waals surface area (Å²) in [4.78, 5) is 24.0. The van der Waals surface area contributed by atoms with Gasteiger partial charge in [-0.2, -0.15) is 5.10 Å². The molecule has 0 saturated carbocycles. The van der Waals surface area contributed by atoms with E-state index in [1.54, 1.807) is 52.2 Å². The highest BCUT2D eigenvalue weighted by Gasteiger charge is 2.05. The third-order valence-electron chi connectivity index (χ3n) is 2.72. The predicted octanol–water partition coefficient (Wildman–Crippen LogP) is 1.62. The molecule has 1 rings (SSSR count). The van der Waals surface area contributed by atoms with Crippen LogP contribution in [0, 0.1) is 0 Å². The van der Waals surface area contributed by atoms with Gasteiger partial charge in [-0.15, -0.1) is 0 Å². The van der Waals surface area contributed by atoms with Crippen LogP contribution in [0.3, 0.4) is 0 Å². The van der Waals surface area contributed by atoms with Crippen LogP contribution in [0.2, 0.25) is 0 Å². The van der Waals surface area contributed by atoms with E-state index >= 15 is 0 Å². The molecule has 0 atom stereocenters. The average Bonchev–Trinajstić information content (AvgIpc) is 2.51. The number of rotatable bonds is 6. The van der Waals surface area contributed by atoms with Crippen molar-refractivity contribution in [1.29, 1.82) is 0 Å². The van der Waals surface area contributed by atoms with E-state index in [1.165, 1.54) is 4.90 Å². The SMILES string of the molecule is CCOC(=O)N/N=C(/C)c1ccc(OCC(=O)N(C)C)cc1. The minimum atomic E-state index is -0.594. The Labute approximate surface area is 129 Å². The van der Waals surface area contributed by atoms with Crippen LogP contribution in [0.4, 0.5) is 4.79 Å². The largest absolute Gasteiger partial charge is 0.484 e. The summed E-state index contributed by atoms with van der Waals surface area (Å²) < 4.78 is 10.1. The first kappa shape index (κ1) is 17.5. The Balaban J connectivity index is 2.58. The van der Waals surface area contributed by atoms with Gasteiger partial charge < -0.3 is 14.4 Å². The van der Waals surface area contributed by atoms with Crippen LogP contribution in [0.5, 0.6) is 5.75 Å². The fourth-order valence-electron chi connectivity index (χ4n) is 1.42. The fourth-order valence-corrected chi connectivity index (χ4v) is 1.42. The number of hydrogen-bond acceptors (Lipinski definition) is 5. The minimum Gasteiger partial charge on any atom is -0.484 e. The number of carbonyl (C=O) groups is 2. The quantitative estimate of drug-likeness (QED) is 0.640. The zero-order valence-electron chi connectivity index (χ0n) is 13.3. The molecule has 1 aromatic carbocycles. The zero-order valence-corrected chi connectivity index (χ0v) is 13.3. The van der Waals surface area contributed by atoms with Gasteiger partial charge in [-0.3, -0.25) is 4.79 Å². The molecule has 0 unspecified atom stereocenters. The molecule has 22 heavy (non-hydrogen) atoms. The maximum Gasteiger partial charge on any atom is 0.427 e. The fraction of sp³-hybridized carbons (Fsp3) is 0.400. The standard InChI is InChI=1S/C15H21N3O4/c1-5-21-15(20)17-16-11(2)12-6-8-13(9-7-12)22-10-14(19)18(3)4/h6-9H,5,10H2,1-4H3,(H,17,20)/b16-11-. The molecule has 120 valence electrons. The number of likely N-dealkylation sites (N-methyl/N-ethyl adjacent to an activating group) is 1. The lowest BCUT2D eigenvalue weighted by atomic mass is 10.1. The maximum absolute atomic E-state index is 11.4. The summed E-state index contributed by atoms with van der Waals surface area (Å²) in [5.41, 5.74) is 3.75. The molecular formula is C15H21N3O4. The van der Waals surface area contributed by atoms with Crippen LogP contribution >= 0.6 is 0 Å². The summed E-state index contributed by atoms with van der Waals surface area (Å²) in [5, 5.41) is 3.93. The lowest BCUT2D eigenvalue weighted by molar-refractivity contribution is -0.130. The van der Waals surface area contributed by atoms with Gasteiger partial charge in [0.15, 0.2) is 6.61 Å². The number of carbonyl (C=O) groups excluding carboxylic acids is 2. The van der Waals surface area contributed by atoms with Crippen LogP contribution in [0.25, 0.3) is 0 Å². The normalized spacial score (nSPS) is 10.8. The van der Waals surface area contributed by atoms with Gasteiger partial charge >= 0.3 is 6.09 Å². The summed E-state index contributed by atoms with van der Waals surface area (Å²) in [6.07, 6.45) is -0.594. The number of amides is 2. The highest BCUT2D eigenvalue weighted by Crippen LogP contribution is 2.12. The monoisotopic (exact) mass is 307 g/mol. The van der Waals surface area contributed by atoms with Crippen molar-refractivity contribution in [2.45, 2.75) is 13.8 Å². The lowest BCUT2D eigenvalue weighted by Crippen LogP contribution is -2.27. The van der Waals surface area contributed by atoms with Gasteiger partial charge in [0.25, 0.3) is 5.91 Å². The van der Waals surface area contributed by atoms with Crippen molar-refractivity contribution in [3.8, 4) is 5.75 Å². The number of nitrogens with one attached hydrogen (secondary N) is 1. The highest BCUT2D eigenvalue weighted by molar-refractivity contribution is 5.99. The van der Waals surface area contributed by atoms with Gasteiger partial charge in [0.1, 0.15) is 5.75 Å². The van der Waals surface area contributed by atoms with Gasteiger partial charge in [0.2, 0.25) is 0 Å². The van der Waals surface area contributed by atoms with E-state index in [1.807, 2.05) is 0 Å². The van der Waals surface area contributed by atoms with E-state index in [9.17, 15) is 9.59 Å². The molecule has 0 heterocycles. The Hall–Kier alpha value is -2.57. The number of nitrogens with zero attached hydrogens (tertiary/aromatic N) is 2. The average molecular weight is 307 g/mol. The molecule has 1 aromatic rings. The Morgan fingerprint density at radius 2 is 1.86 bits per heavy atom. The first-order valence-corrected chi connectivity index (χ1v) is 6.84. The molecule has 0 fully saturated rings. The maximum atomic E-state index is 11.4. The van der Waals surface area contributed by atoms with Gasteiger partial charge in [-0.25, -0.2) is 10.2 Å². The zero-order chi connectivity index (χ0) is 16.5. The smallest absolute Gasteiger partial charge is 0.427 e. The van der Waals surface area contributed by atoms with E-state index in [-0.39, 0.29) is 19.1 Å². The summed E-state index contributed by atoms with van der Waals surface area (Å²) in [6.45, 7) is 3.76. The number of benzene rings is 1. The number of hydrogen-bond donors (Lipinski definition) is 1. The van der Waals surface area contributed by atoms with Gasteiger partial charge in [0.05, 0.1) is 12.3 Å². The molecule has 1 N–H and O–H groups in total. The molecule has 7 nitrogen and oxygen atoms in total. The third-order valence-corrected chi connectivity index (χ3v) is 2.72. The summed E-state index contributed by atoms with van der Waals surface area (Å²) >= 11 is 0. The topological polar surface area (TPSA) is 80.2 Å². The van der Waals surface area contributed by atoms with E-state index < -0.39 is 6.09 Å². The van der Waals surface area contributed by atoms with Crippen LogP contribution in [-0.4, -0.2) is 49.9 Å². The molecular weight excluding hydrogens is 286 g/mol. The van der Waals surface area contributed by atoms with Gasteiger partial charge in [-0.1, -0.05) is 0 Å². The lowest BCUT2D eigenvalue weighted by Gasteiger charge is -2.11. The van der Waals surface area contributed by atoms with Crippen molar-refractivity contribution < 1.29 is 19.1 Å². The van der Waals surface area contributed by atoms with Crippen LogP contribution in [-0.2, 0) is 9.53 Å². The second kappa shape index (κ2) is 8.66. The molecule has 0 spiro atoms. The first-order chi connectivity index (χ1) is 10.4.